The van der Waals surface area contributed by atoms with E-state index in [0.29, 0.717) is 29.0 Å². The van der Waals surface area contributed by atoms with Crippen LogP contribution in [0.1, 0.15) is 24.1 Å². The molecule has 3 aromatic rings. The van der Waals surface area contributed by atoms with Gasteiger partial charge in [-0.05, 0) is 18.6 Å². The quantitative estimate of drug-likeness (QED) is 0.749. The maximum atomic E-state index is 6.11. The second-order valence-electron chi connectivity index (χ2n) is 4.43. The van der Waals surface area contributed by atoms with Crippen LogP contribution in [-0.2, 0) is 12.8 Å². The molecule has 0 saturated heterocycles. The number of fused-ring (bicyclic) bond motifs is 1. The molecule has 0 radical (unpaired) electrons. The summed E-state index contributed by atoms with van der Waals surface area (Å²) in [6.07, 6.45) is 1.18. The van der Waals surface area contributed by atoms with Crippen LogP contribution in [0.4, 0.5) is 0 Å². The Morgan fingerprint density at radius 2 is 1.75 bits per heavy atom. The zero-order chi connectivity index (χ0) is 14.1. The third kappa shape index (κ3) is 2.49. The van der Waals surface area contributed by atoms with Crippen molar-refractivity contribution in [2.75, 3.05) is 0 Å². The summed E-state index contributed by atoms with van der Waals surface area (Å²) in [6, 6.07) is 7.85. The molecular weight excluding hydrogens is 295 g/mol. The van der Waals surface area contributed by atoms with Crippen molar-refractivity contribution in [3.05, 3.63) is 51.8 Å². The molecule has 0 saturated carbocycles. The van der Waals surface area contributed by atoms with Gasteiger partial charge in [0, 0.05) is 5.56 Å². The van der Waals surface area contributed by atoms with Crippen LogP contribution in [0, 0.1) is 0 Å². The van der Waals surface area contributed by atoms with Crippen molar-refractivity contribution < 1.29 is 0 Å². The van der Waals surface area contributed by atoms with Crippen molar-refractivity contribution in [2.45, 2.75) is 19.8 Å². The molecule has 0 unspecified atom stereocenters. The standard InChI is InChI=1S/C14H12Cl2N4/c1-2-8-13(15)19-12(20-14(8)16)7-11-17-9-5-3-4-6-10(9)18-11/h3-6H,2,7H2,1H3,(H,17,18). The van der Waals surface area contributed by atoms with Gasteiger partial charge in [-0.1, -0.05) is 42.3 Å². The maximum absolute atomic E-state index is 6.11. The highest BCUT2D eigenvalue weighted by Crippen LogP contribution is 2.22. The zero-order valence-corrected chi connectivity index (χ0v) is 12.3. The Morgan fingerprint density at radius 3 is 2.40 bits per heavy atom. The molecule has 0 amide bonds. The summed E-state index contributed by atoms with van der Waals surface area (Å²) in [4.78, 5) is 16.3. The van der Waals surface area contributed by atoms with Gasteiger partial charge in [0.2, 0.25) is 0 Å². The fourth-order valence-electron chi connectivity index (χ4n) is 2.08. The van der Waals surface area contributed by atoms with Gasteiger partial charge in [-0.15, -0.1) is 0 Å². The predicted octanol–water partition coefficient (Wildman–Crippen LogP) is 3.81. The number of nitrogens with one attached hydrogen (secondary N) is 1. The van der Waals surface area contributed by atoms with Crippen molar-refractivity contribution in [3.8, 4) is 0 Å². The first-order chi connectivity index (χ1) is 9.67. The summed E-state index contributed by atoms with van der Waals surface area (Å²) >= 11 is 12.2. The number of H-pyrrole nitrogens is 1. The normalized spacial score (nSPS) is 11.2. The lowest BCUT2D eigenvalue weighted by molar-refractivity contribution is 0.899. The zero-order valence-electron chi connectivity index (χ0n) is 10.8. The Morgan fingerprint density at radius 1 is 1.05 bits per heavy atom. The largest absolute Gasteiger partial charge is 0.342 e. The molecule has 2 heterocycles. The average molecular weight is 307 g/mol. The van der Waals surface area contributed by atoms with E-state index in [1.807, 2.05) is 31.2 Å². The fourth-order valence-corrected chi connectivity index (χ4v) is 2.77. The summed E-state index contributed by atoms with van der Waals surface area (Å²) in [5.74, 6) is 1.36. The molecule has 20 heavy (non-hydrogen) atoms. The van der Waals surface area contributed by atoms with Gasteiger partial charge in [0.05, 0.1) is 17.5 Å². The van der Waals surface area contributed by atoms with Crippen molar-refractivity contribution >= 4 is 34.2 Å². The van der Waals surface area contributed by atoms with Gasteiger partial charge in [0.1, 0.15) is 22.0 Å². The van der Waals surface area contributed by atoms with Crippen LogP contribution in [0.15, 0.2) is 24.3 Å². The van der Waals surface area contributed by atoms with Gasteiger partial charge in [-0.3, -0.25) is 0 Å². The molecule has 1 N–H and O–H groups in total. The number of aromatic amines is 1. The van der Waals surface area contributed by atoms with E-state index in [0.717, 1.165) is 22.4 Å². The van der Waals surface area contributed by atoms with Crippen molar-refractivity contribution in [2.24, 2.45) is 0 Å². The molecule has 3 rings (SSSR count). The van der Waals surface area contributed by atoms with Crippen LogP contribution in [0.25, 0.3) is 11.0 Å². The van der Waals surface area contributed by atoms with Crippen LogP contribution in [0.3, 0.4) is 0 Å². The SMILES string of the molecule is CCc1c(Cl)nc(Cc2nc3ccccc3[nH]2)nc1Cl. The van der Waals surface area contributed by atoms with Gasteiger partial charge in [-0.25, -0.2) is 15.0 Å². The summed E-state index contributed by atoms with van der Waals surface area (Å²) in [5, 5.41) is 0.831. The number of hydrogen-bond donors (Lipinski definition) is 1. The molecule has 0 aliphatic rings. The van der Waals surface area contributed by atoms with Crippen LogP contribution < -0.4 is 0 Å². The number of halogens is 2. The summed E-state index contributed by atoms with van der Waals surface area (Å²) in [6.45, 7) is 1.97. The van der Waals surface area contributed by atoms with Gasteiger partial charge in [-0.2, -0.15) is 0 Å². The first-order valence-corrected chi connectivity index (χ1v) is 7.07. The third-order valence-electron chi connectivity index (χ3n) is 3.07. The van der Waals surface area contributed by atoms with Crippen molar-refractivity contribution in [1.82, 2.24) is 19.9 Å². The van der Waals surface area contributed by atoms with Gasteiger partial charge >= 0.3 is 0 Å². The number of imidazole rings is 1. The molecule has 0 bridgehead atoms. The molecule has 1 aromatic carbocycles. The van der Waals surface area contributed by atoms with E-state index in [4.69, 9.17) is 23.2 Å². The van der Waals surface area contributed by atoms with Crippen molar-refractivity contribution in [3.63, 3.8) is 0 Å². The average Bonchev–Trinajstić information content (AvgIpc) is 2.80. The van der Waals surface area contributed by atoms with Crippen LogP contribution in [0.5, 0.6) is 0 Å². The minimum atomic E-state index is 0.415. The van der Waals surface area contributed by atoms with Crippen molar-refractivity contribution in [1.29, 1.82) is 0 Å². The minimum Gasteiger partial charge on any atom is -0.342 e. The van der Waals surface area contributed by atoms with E-state index in [1.165, 1.54) is 0 Å². The van der Waals surface area contributed by atoms with Crippen LogP contribution >= 0.6 is 23.2 Å². The highest BCUT2D eigenvalue weighted by molar-refractivity contribution is 6.34. The first-order valence-electron chi connectivity index (χ1n) is 6.31. The van der Waals surface area contributed by atoms with Crippen LogP contribution in [-0.4, -0.2) is 19.9 Å². The Balaban J connectivity index is 1.94. The molecule has 0 spiro atoms. The van der Waals surface area contributed by atoms with E-state index in [1.54, 1.807) is 0 Å². The molecule has 0 aliphatic heterocycles. The lowest BCUT2D eigenvalue weighted by Gasteiger charge is -2.05. The monoisotopic (exact) mass is 306 g/mol. The number of hydrogen-bond acceptors (Lipinski definition) is 3. The lowest BCUT2D eigenvalue weighted by Crippen LogP contribution is -2.02. The predicted molar refractivity (Wildman–Crippen MR) is 80.3 cm³/mol. The summed E-state index contributed by atoms with van der Waals surface area (Å²) in [7, 11) is 0. The van der Waals surface area contributed by atoms with Gasteiger partial charge < -0.3 is 4.98 Å². The number of para-hydroxylation sites is 2. The molecule has 0 atom stereocenters. The minimum absolute atomic E-state index is 0.415. The molecule has 0 fully saturated rings. The van der Waals surface area contributed by atoms with Crippen LogP contribution in [0.2, 0.25) is 10.3 Å². The maximum Gasteiger partial charge on any atom is 0.139 e. The van der Waals surface area contributed by atoms with E-state index in [2.05, 4.69) is 19.9 Å². The molecule has 102 valence electrons. The molecule has 6 heteroatoms. The highest BCUT2D eigenvalue weighted by atomic mass is 35.5. The van der Waals surface area contributed by atoms with Gasteiger partial charge in [0.15, 0.2) is 0 Å². The highest BCUT2D eigenvalue weighted by Gasteiger charge is 2.12. The first kappa shape index (κ1) is 13.3. The second-order valence-corrected chi connectivity index (χ2v) is 5.15. The number of aromatic nitrogens is 4. The molecule has 2 aromatic heterocycles. The number of nitrogens with zero attached hydrogens (tertiary/aromatic N) is 3. The molecular formula is C14H12Cl2N4. The second kappa shape index (κ2) is 5.38. The summed E-state index contributed by atoms with van der Waals surface area (Å²) < 4.78 is 0. The number of benzene rings is 1. The molecule has 4 nitrogen and oxygen atoms in total. The topological polar surface area (TPSA) is 54.5 Å². The third-order valence-corrected chi connectivity index (χ3v) is 3.70. The van der Waals surface area contributed by atoms with E-state index in [-0.39, 0.29) is 0 Å². The van der Waals surface area contributed by atoms with E-state index < -0.39 is 0 Å². The Labute approximate surface area is 126 Å². The Bertz CT molecular complexity index is 711. The number of rotatable bonds is 3. The van der Waals surface area contributed by atoms with E-state index in [9.17, 15) is 0 Å². The summed E-state index contributed by atoms with van der Waals surface area (Å²) in [5.41, 5.74) is 2.69. The van der Waals surface area contributed by atoms with Gasteiger partial charge in [0.25, 0.3) is 0 Å². The smallest absolute Gasteiger partial charge is 0.139 e. The lowest BCUT2D eigenvalue weighted by atomic mass is 10.2. The molecule has 0 aliphatic carbocycles. The Kier molecular flexibility index (Phi) is 3.59. The van der Waals surface area contributed by atoms with E-state index >= 15 is 0 Å². The Hall–Kier alpha value is -1.65. The fraction of sp³-hybridized carbons (Fsp3) is 0.214.